The van der Waals surface area contributed by atoms with E-state index in [1.807, 2.05) is 6.92 Å². The Kier molecular flexibility index (Phi) is 2.68. The Morgan fingerprint density at radius 1 is 1.37 bits per heavy atom. The number of carbonyl (C=O) groups is 1. The molecule has 1 atom stereocenters. The van der Waals surface area contributed by atoms with Crippen molar-refractivity contribution in [2.45, 2.75) is 13.0 Å². The van der Waals surface area contributed by atoms with Gasteiger partial charge in [-0.25, -0.2) is 9.78 Å². The fourth-order valence-corrected chi connectivity index (χ4v) is 2.40. The number of hydrogen-bond acceptors (Lipinski definition) is 3. The molecule has 0 aliphatic carbocycles. The van der Waals surface area contributed by atoms with Gasteiger partial charge in [0.25, 0.3) is 0 Å². The average molecular weight is 276 g/mol. The van der Waals surface area contributed by atoms with E-state index >= 15 is 0 Å². The van der Waals surface area contributed by atoms with Crippen molar-refractivity contribution in [1.29, 1.82) is 0 Å². The van der Waals surface area contributed by atoms with Gasteiger partial charge in [-0.05, 0) is 31.2 Å². The number of fused-ring (bicyclic) bond motifs is 3. The monoisotopic (exact) mass is 275 g/mol. The number of carboxylic acids is 1. The van der Waals surface area contributed by atoms with Crippen LogP contribution in [-0.4, -0.2) is 16.1 Å². The molecule has 1 aliphatic rings. The molecule has 0 radical (unpaired) electrons. The highest BCUT2D eigenvalue weighted by atomic mass is 35.5. The van der Waals surface area contributed by atoms with Crippen LogP contribution in [0.3, 0.4) is 0 Å². The van der Waals surface area contributed by atoms with Gasteiger partial charge in [0, 0.05) is 22.9 Å². The number of aromatic nitrogens is 1. The van der Waals surface area contributed by atoms with Crippen LogP contribution in [0.5, 0.6) is 5.75 Å². The van der Waals surface area contributed by atoms with Crippen molar-refractivity contribution in [3.8, 4) is 16.9 Å². The zero-order valence-electron chi connectivity index (χ0n) is 10.1. The van der Waals surface area contributed by atoms with Crippen LogP contribution in [-0.2, 0) is 0 Å². The largest absolute Gasteiger partial charge is 0.485 e. The highest BCUT2D eigenvalue weighted by Crippen LogP contribution is 2.42. The first-order valence-corrected chi connectivity index (χ1v) is 6.14. The van der Waals surface area contributed by atoms with E-state index < -0.39 is 5.97 Å². The van der Waals surface area contributed by atoms with Crippen molar-refractivity contribution in [3.05, 3.63) is 46.7 Å². The topological polar surface area (TPSA) is 59.4 Å². The number of aromatic carboxylic acids is 1. The van der Waals surface area contributed by atoms with Crippen LogP contribution in [0.15, 0.2) is 30.5 Å². The smallest absolute Gasteiger partial charge is 0.335 e. The fraction of sp³-hybridized carbons (Fsp3) is 0.143. The predicted molar refractivity (Wildman–Crippen MR) is 70.7 cm³/mol. The molecule has 2 heterocycles. The van der Waals surface area contributed by atoms with E-state index in [-0.39, 0.29) is 11.7 Å². The molecule has 4 nitrogen and oxygen atoms in total. The number of benzene rings is 1. The van der Waals surface area contributed by atoms with E-state index in [2.05, 4.69) is 4.98 Å². The molecule has 5 heteroatoms. The first-order chi connectivity index (χ1) is 9.06. The minimum atomic E-state index is -0.973. The predicted octanol–water partition coefficient (Wildman–Crippen LogP) is 3.55. The maximum atomic E-state index is 11.0. The Morgan fingerprint density at radius 2 is 2.16 bits per heavy atom. The van der Waals surface area contributed by atoms with Crippen LogP contribution in [0.4, 0.5) is 0 Å². The van der Waals surface area contributed by atoms with E-state index in [0.717, 1.165) is 16.7 Å². The summed E-state index contributed by atoms with van der Waals surface area (Å²) in [7, 11) is 0. The third-order valence-corrected chi connectivity index (χ3v) is 3.37. The van der Waals surface area contributed by atoms with Gasteiger partial charge in [-0.2, -0.15) is 0 Å². The first kappa shape index (κ1) is 12.0. The summed E-state index contributed by atoms with van der Waals surface area (Å²) < 4.78 is 5.75. The van der Waals surface area contributed by atoms with E-state index in [0.29, 0.717) is 10.9 Å². The van der Waals surface area contributed by atoms with E-state index in [1.165, 1.54) is 6.07 Å². The summed E-state index contributed by atoms with van der Waals surface area (Å²) in [6, 6.07) is 6.60. The number of nitrogens with zero attached hydrogens (tertiary/aromatic N) is 1. The molecule has 1 N–H and O–H groups in total. The molecular weight excluding hydrogens is 266 g/mol. The maximum Gasteiger partial charge on any atom is 0.335 e. The van der Waals surface area contributed by atoms with E-state index in [1.54, 1.807) is 24.4 Å². The van der Waals surface area contributed by atoms with Gasteiger partial charge in [-0.15, -0.1) is 0 Å². The minimum Gasteiger partial charge on any atom is -0.485 e. The molecule has 1 aromatic carbocycles. The Labute approximate surface area is 114 Å². The molecule has 1 aromatic heterocycles. The second kappa shape index (κ2) is 4.24. The van der Waals surface area contributed by atoms with E-state index in [9.17, 15) is 4.79 Å². The lowest BCUT2D eigenvalue weighted by molar-refractivity contribution is 0.0696. The van der Waals surface area contributed by atoms with Gasteiger partial charge in [-0.1, -0.05) is 11.6 Å². The zero-order valence-corrected chi connectivity index (χ0v) is 10.8. The number of carboxylic acid groups (broad SMARTS) is 1. The summed E-state index contributed by atoms with van der Waals surface area (Å²) >= 11 is 5.89. The second-order valence-corrected chi connectivity index (χ2v) is 4.76. The van der Waals surface area contributed by atoms with Crippen LogP contribution in [0, 0.1) is 0 Å². The molecule has 2 aromatic rings. The lowest BCUT2D eigenvalue weighted by Crippen LogP contribution is -2.12. The van der Waals surface area contributed by atoms with Gasteiger partial charge >= 0.3 is 5.97 Å². The summed E-state index contributed by atoms with van der Waals surface area (Å²) in [6.45, 7) is 1.89. The molecule has 1 aliphatic heterocycles. The number of rotatable bonds is 1. The fourth-order valence-electron chi connectivity index (χ4n) is 2.23. The summed E-state index contributed by atoms with van der Waals surface area (Å²) in [5.41, 5.74) is 2.92. The average Bonchev–Trinajstić information content (AvgIpc) is 2.38. The van der Waals surface area contributed by atoms with Crippen molar-refractivity contribution in [1.82, 2.24) is 4.98 Å². The van der Waals surface area contributed by atoms with Crippen LogP contribution in [0.2, 0.25) is 5.15 Å². The molecule has 0 bridgehead atoms. The minimum absolute atomic E-state index is 0.188. The number of pyridine rings is 1. The number of ether oxygens (including phenoxy) is 1. The van der Waals surface area contributed by atoms with Gasteiger partial charge in [-0.3, -0.25) is 0 Å². The number of halogens is 1. The molecule has 0 fully saturated rings. The highest BCUT2D eigenvalue weighted by Gasteiger charge is 2.24. The van der Waals surface area contributed by atoms with Crippen molar-refractivity contribution in [2.75, 3.05) is 0 Å². The van der Waals surface area contributed by atoms with Crippen LogP contribution in [0.25, 0.3) is 11.1 Å². The van der Waals surface area contributed by atoms with Crippen molar-refractivity contribution < 1.29 is 14.6 Å². The first-order valence-electron chi connectivity index (χ1n) is 5.76. The van der Waals surface area contributed by atoms with Gasteiger partial charge in [0.2, 0.25) is 0 Å². The molecule has 0 amide bonds. The van der Waals surface area contributed by atoms with Gasteiger partial charge in [0.1, 0.15) is 17.0 Å². The van der Waals surface area contributed by atoms with Crippen molar-refractivity contribution >= 4 is 17.6 Å². The molecule has 19 heavy (non-hydrogen) atoms. The highest BCUT2D eigenvalue weighted by molar-refractivity contribution is 6.29. The maximum absolute atomic E-state index is 11.0. The Bertz CT molecular complexity index is 684. The normalized spacial score (nSPS) is 16.2. The molecule has 0 spiro atoms. The van der Waals surface area contributed by atoms with Crippen LogP contribution >= 0.6 is 11.6 Å². The standard InChI is InChI=1S/C14H10ClNO3/c1-7-10-5-13(15)16-6-11(10)9-3-2-8(14(17)18)4-12(9)19-7/h2-7H,1H3,(H,17,18). The third-order valence-electron chi connectivity index (χ3n) is 3.16. The lowest BCUT2D eigenvalue weighted by atomic mass is 9.94. The zero-order chi connectivity index (χ0) is 13.6. The van der Waals surface area contributed by atoms with Gasteiger partial charge in [0.15, 0.2) is 0 Å². The SMILES string of the molecule is CC1Oc2cc(C(=O)O)ccc2-c2cnc(Cl)cc21. The summed E-state index contributed by atoms with van der Waals surface area (Å²) in [6.07, 6.45) is 1.50. The van der Waals surface area contributed by atoms with E-state index in [4.69, 9.17) is 21.4 Å². The molecule has 0 saturated carbocycles. The van der Waals surface area contributed by atoms with Crippen molar-refractivity contribution in [2.24, 2.45) is 0 Å². The van der Waals surface area contributed by atoms with Crippen LogP contribution in [0.1, 0.15) is 28.9 Å². The number of hydrogen-bond donors (Lipinski definition) is 1. The molecule has 0 saturated heterocycles. The molecule has 1 unspecified atom stereocenters. The molecule has 3 rings (SSSR count). The Balaban J connectivity index is 2.20. The third kappa shape index (κ3) is 1.94. The summed E-state index contributed by atoms with van der Waals surface area (Å²) in [5, 5.41) is 9.42. The molecular formula is C14H10ClNO3. The van der Waals surface area contributed by atoms with Crippen molar-refractivity contribution in [3.63, 3.8) is 0 Å². The second-order valence-electron chi connectivity index (χ2n) is 4.37. The molecule has 96 valence electrons. The quantitative estimate of drug-likeness (QED) is 0.809. The summed E-state index contributed by atoms with van der Waals surface area (Å²) in [4.78, 5) is 15.1. The van der Waals surface area contributed by atoms with Gasteiger partial charge in [0.05, 0.1) is 5.56 Å². The Morgan fingerprint density at radius 3 is 2.89 bits per heavy atom. The Hall–Kier alpha value is -2.07. The summed E-state index contributed by atoms with van der Waals surface area (Å²) in [5.74, 6) is -0.414. The van der Waals surface area contributed by atoms with Crippen LogP contribution < -0.4 is 4.74 Å². The lowest BCUT2D eigenvalue weighted by Gasteiger charge is -2.26. The van der Waals surface area contributed by atoms with Gasteiger partial charge < -0.3 is 9.84 Å².